The Hall–Kier alpha value is -1.72. The minimum Gasteiger partial charge on any atom is -0.465 e. The first-order valence-electron chi connectivity index (χ1n) is 8.83. The zero-order chi connectivity index (χ0) is 18.3. The first-order valence-corrected chi connectivity index (χ1v) is 8.83. The number of hydrogen-bond acceptors (Lipinski definition) is 5. The molecule has 0 aromatic heterocycles. The van der Waals surface area contributed by atoms with E-state index in [2.05, 4.69) is 0 Å². The molecule has 0 bridgehead atoms. The second-order valence-electron chi connectivity index (χ2n) is 7.45. The third kappa shape index (κ3) is 6.59. The number of esters is 1. The van der Waals surface area contributed by atoms with Gasteiger partial charge in [0, 0.05) is 6.42 Å². The Morgan fingerprint density at radius 1 is 1.24 bits per heavy atom. The van der Waals surface area contributed by atoms with Gasteiger partial charge in [0.05, 0.1) is 31.3 Å². The number of rotatable bonds is 8. The highest BCUT2D eigenvalue weighted by molar-refractivity contribution is 5.85. The molecule has 138 valence electrons. The van der Waals surface area contributed by atoms with E-state index in [1.807, 2.05) is 51.1 Å². The topological polar surface area (TPSA) is 61.8 Å². The van der Waals surface area contributed by atoms with E-state index < -0.39 is 11.5 Å². The summed E-state index contributed by atoms with van der Waals surface area (Å²) in [5.74, 6) is -0.118. The summed E-state index contributed by atoms with van der Waals surface area (Å²) < 4.78 is 16.6. The molecule has 25 heavy (non-hydrogen) atoms. The van der Waals surface area contributed by atoms with Gasteiger partial charge in [-0.3, -0.25) is 9.59 Å². The molecule has 1 fully saturated rings. The molecule has 5 heteroatoms. The van der Waals surface area contributed by atoms with Crippen molar-refractivity contribution in [2.75, 3.05) is 13.2 Å². The van der Waals surface area contributed by atoms with Crippen molar-refractivity contribution < 1.29 is 23.8 Å². The van der Waals surface area contributed by atoms with E-state index in [-0.39, 0.29) is 24.5 Å². The highest BCUT2D eigenvalue weighted by Crippen LogP contribution is 2.21. The summed E-state index contributed by atoms with van der Waals surface area (Å²) in [5, 5.41) is 0. The Labute approximate surface area is 149 Å². The molecule has 1 aromatic rings. The zero-order valence-electron chi connectivity index (χ0n) is 15.3. The van der Waals surface area contributed by atoms with E-state index in [4.69, 9.17) is 14.2 Å². The van der Waals surface area contributed by atoms with Crippen molar-refractivity contribution in [2.24, 2.45) is 5.41 Å². The minimum absolute atomic E-state index is 0.0877. The lowest BCUT2D eigenvalue weighted by atomic mass is 9.97. The van der Waals surface area contributed by atoms with Crippen molar-refractivity contribution >= 4 is 11.8 Å². The van der Waals surface area contributed by atoms with E-state index in [0.717, 1.165) is 5.56 Å². The van der Waals surface area contributed by atoms with Crippen molar-refractivity contribution in [2.45, 2.75) is 58.8 Å². The number of hydrogen-bond donors (Lipinski definition) is 0. The van der Waals surface area contributed by atoms with Crippen LogP contribution < -0.4 is 0 Å². The molecule has 0 saturated carbocycles. The molecule has 1 aromatic carbocycles. The fraction of sp³-hybridized carbons (Fsp3) is 0.600. The third-order valence-corrected chi connectivity index (χ3v) is 4.04. The maximum absolute atomic E-state index is 12.0. The van der Waals surface area contributed by atoms with Gasteiger partial charge in [0.25, 0.3) is 0 Å². The Morgan fingerprint density at radius 3 is 2.64 bits per heavy atom. The number of Topliss-reactive ketones (excluding diaryl/α,β-unsaturated/α-hetero) is 1. The number of ketones is 1. The summed E-state index contributed by atoms with van der Waals surface area (Å²) in [6.45, 7) is 6.60. The van der Waals surface area contributed by atoms with Gasteiger partial charge < -0.3 is 14.2 Å². The fourth-order valence-electron chi connectivity index (χ4n) is 2.56. The monoisotopic (exact) mass is 348 g/mol. The molecule has 1 saturated heterocycles. The number of carbonyl (C=O) groups is 2. The van der Waals surface area contributed by atoms with Crippen LogP contribution in [0.2, 0.25) is 0 Å². The summed E-state index contributed by atoms with van der Waals surface area (Å²) in [6.07, 6.45) is 1.22. The Morgan fingerprint density at radius 2 is 1.96 bits per heavy atom. The molecule has 0 unspecified atom stereocenters. The molecule has 0 N–H and O–H groups in total. The van der Waals surface area contributed by atoms with Crippen molar-refractivity contribution in [3.05, 3.63) is 35.9 Å². The van der Waals surface area contributed by atoms with Crippen LogP contribution in [0, 0.1) is 5.41 Å². The maximum Gasteiger partial charge on any atom is 0.311 e. The van der Waals surface area contributed by atoms with E-state index >= 15 is 0 Å². The van der Waals surface area contributed by atoms with E-state index in [1.165, 1.54) is 0 Å². The lowest BCUT2D eigenvalue weighted by molar-refractivity contribution is -0.153. The van der Waals surface area contributed by atoms with Crippen LogP contribution in [0.4, 0.5) is 0 Å². The average molecular weight is 348 g/mol. The highest BCUT2D eigenvalue weighted by atomic mass is 16.5. The van der Waals surface area contributed by atoms with Gasteiger partial charge in [0.2, 0.25) is 0 Å². The third-order valence-electron chi connectivity index (χ3n) is 4.04. The molecule has 0 aliphatic carbocycles. The second-order valence-corrected chi connectivity index (χ2v) is 7.45. The van der Waals surface area contributed by atoms with Crippen molar-refractivity contribution in [1.82, 2.24) is 0 Å². The van der Waals surface area contributed by atoms with Crippen LogP contribution >= 0.6 is 0 Å². The van der Waals surface area contributed by atoms with Crippen LogP contribution in [-0.2, 0) is 30.4 Å². The smallest absolute Gasteiger partial charge is 0.311 e. The predicted molar refractivity (Wildman–Crippen MR) is 94.0 cm³/mol. The quantitative estimate of drug-likeness (QED) is 0.533. The average Bonchev–Trinajstić information content (AvgIpc) is 2.91. The standard InChI is InChI=1S/C20H28O5/c1-20(2,3)19(22)24-11-7-10-16-12-17(21)18(25-16)14-23-13-15-8-5-4-6-9-15/h4-6,8-9,16,18H,7,10-14H2,1-3H3/t16-,18-/m0/s1. The first kappa shape index (κ1) is 19.6. The van der Waals surface area contributed by atoms with Crippen molar-refractivity contribution in [3.8, 4) is 0 Å². The van der Waals surface area contributed by atoms with Crippen LogP contribution in [0.1, 0.15) is 45.6 Å². The van der Waals surface area contributed by atoms with Gasteiger partial charge in [-0.05, 0) is 39.2 Å². The second kappa shape index (κ2) is 9.11. The molecule has 1 aliphatic rings. The Balaban J connectivity index is 1.62. The van der Waals surface area contributed by atoms with Gasteiger partial charge in [-0.2, -0.15) is 0 Å². The van der Waals surface area contributed by atoms with Crippen LogP contribution in [0.3, 0.4) is 0 Å². The summed E-state index contributed by atoms with van der Waals surface area (Å²) in [5.41, 5.74) is 0.589. The summed E-state index contributed by atoms with van der Waals surface area (Å²) in [7, 11) is 0. The molecule has 0 radical (unpaired) electrons. The summed E-state index contributed by atoms with van der Waals surface area (Å²) in [4.78, 5) is 23.7. The van der Waals surface area contributed by atoms with Crippen LogP contribution in [0.5, 0.6) is 0 Å². The largest absolute Gasteiger partial charge is 0.465 e. The van der Waals surface area contributed by atoms with Gasteiger partial charge in [-0.15, -0.1) is 0 Å². The Kier molecular flexibility index (Phi) is 7.14. The molecular formula is C20H28O5. The molecule has 5 nitrogen and oxygen atoms in total. The molecule has 1 aliphatic heterocycles. The van der Waals surface area contributed by atoms with Gasteiger partial charge >= 0.3 is 5.97 Å². The number of carbonyl (C=O) groups excluding carboxylic acids is 2. The molecular weight excluding hydrogens is 320 g/mol. The lowest BCUT2D eigenvalue weighted by Crippen LogP contribution is -2.24. The van der Waals surface area contributed by atoms with Gasteiger partial charge in [-0.1, -0.05) is 30.3 Å². The van der Waals surface area contributed by atoms with Crippen LogP contribution in [-0.4, -0.2) is 37.2 Å². The molecule has 0 spiro atoms. The van der Waals surface area contributed by atoms with E-state index in [9.17, 15) is 9.59 Å². The zero-order valence-corrected chi connectivity index (χ0v) is 15.3. The van der Waals surface area contributed by atoms with E-state index in [0.29, 0.717) is 32.5 Å². The molecule has 2 rings (SSSR count). The van der Waals surface area contributed by atoms with Crippen molar-refractivity contribution in [3.63, 3.8) is 0 Å². The number of ether oxygens (including phenoxy) is 3. The van der Waals surface area contributed by atoms with Gasteiger partial charge in [0.1, 0.15) is 6.10 Å². The lowest BCUT2D eigenvalue weighted by Gasteiger charge is -2.17. The highest BCUT2D eigenvalue weighted by Gasteiger charge is 2.33. The first-order chi connectivity index (χ1) is 11.9. The van der Waals surface area contributed by atoms with Crippen molar-refractivity contribution in [1.29, 1.82) is 0 Å². The summed E-state index contributed by atoms with van der Waals surface area (Å²) in [6, 6.07) is 9.84. The van der Waals surface area contributed by atoms with Crippen LogP contribution in [0.25, 0.3) is 0 Å². The maximum atomic E-state index is 12.0. The summed E-state index contributed by atoms with van der Waals surface area (Å²) >= 11 is 0. The molecule has 2 atom stereocenters. The molecule has 1 heterocycles. The van der Waals surface area contributed by atoms with Crippen LogP contribution in [0.15, 0.2) is 30.3 Å². The van der Waals surface area contributed by atoms with Gasteiger partial charge in [0.15, 0.2) is 5.78 Å². The fourth-order valence-corrected chi connectivity index (χ4v) is 2.56. The predicted octanol–water partition coefficient (Wildman–Crippen LogP) is 3.30. The normalized spacial score (nSPS) is 20.7. The van der Waals surface area contributed by atoms with E-state index in [1.54, 1.807) is 0 Å². The minimum atomic E-state index is -0.485. The van der Waals surface area contributed by atoms with Gasteiger partial charge in [-0.25, -0.2) is 0 Å². The number of benzene rings is 1. The SMILES string of the molecule is CC(C)(C)C(=O)OCCC[C@H]1CC(=O)[C@H](COCc2ccccc2)O1. The Bertz CT molecular complexity index is 561. The molecule has 0 amide bonds.